The maximum absolute atomic E-state index is 12.4. The molecule has 1 unspecified atom stereocenters. The van der Waals surface area contributed by atoms with Crippen molar-refractivity contribution in [3.8, 4) is 0 Å². The van der Waals surface area contributed by atoms with Crippen LogP contribution >= 0.6 is 27.5 Å². The first-order valence-corrected chi connectivity index (χ1v) is 11.1. The van der Waals surface area contributed by atoms with E-state index in [4.69, 9.17) is 11.6 Å². The summed E-state index contributed by atoms with van der Waals surface area (Å²) in [4.78, 5) is 12.4. The summed E-state index contributed by atoms with van der Waals surface area (Å²) in [6, 6.07) is 19.2. The summed E-state index contributed by atoms with van der Waals surface area (Å²) in [7, 11) is 0. The number of rotatable bonds is 3. The number of hydrogen-bond acceptors (Lipinski definition) is 3. The third-order valence-electron chi connectivity index (χ3n) is 5.35. The van der Waals surface area contributed by atoms with Crippen LogP contribution in [0.15, 0.2) is 70.2 Å². The quantitative estimate of drug-likeness (QED) is 0.348. The average molecular weight is 498 g/mol. The number of halogens is 2. The number of carbonyl (C=O) groups excluding carboxylic acids is 1. The monoisotopic (exact) mass is 496 g/mol. The van der Waals surface area contributed by atoms with Crippen molar-refractivity contribution < 1.29 is 4.79 Å². The number of carbonyl (C=O) groups is 1. The zero-order chi connectivity index (χ0) is 22.0. The Balaban J connectivity index is 1.56. The molecule has 3 aromatic rings. The Morgan fingerprint density at radius 1 is 1.06 bits per heavy atom. The van der Waals surface area contributed by atoms with Gasteiger partial charge in [0.15, 0.2) is 0 Å². The number of hydrazone groups is 1. The molecular weight excluding hydrogens is 476 g/mol. The predicted molar refractivity (Wildman–Crippen MR) is 131 cm³/mol. The lowest BCUT2D eigenvalue weighted by Gasteiger charge is -2.28. The van der Waals surface area contributed by atoms with Crippen LogP contribution in [0, 0.1) is 13.8 Å². The van der Waals surface area contributed by atoms with Gasteiger partial charge in [-0.3, -0.25) is 0 Å². The predicted octanol–water partition coefficient (Wildman–Crippen LogP) is 6.80. The molecule has 0 saturated heterocycles. The maximum Gasteiger partial charge on any atom is 0.339 e. The van der Waals surface area contributed by atoms with Crippen molar-refractivity contribution in [2.24, 2.45) is 5.10 Å². The highest BCUT2D eigenvalue weighted by molar-refractivity contribution is 9.10. The standard InChI is InChI=1S/C24H22BrClN4O/c1-14-3-9-19(11-15(14)2)27-24(31)30-29-23-13-22(16-4-6-17(25)7-5-16)28-21-10-8-18(26)12-20(21)23/h3-12,22,28H,13H2,1-2H3,(H2,27,30,31). The van der Waals surface area contributed by atoms with Gasteiger partial charge in [-0.05, 0) is 73.0 Å². The first-order valence-electron chi connectivity index (χ1n) is 9.92. The van der Waals surface area contributed by atoms with Crippen molar-refractivity contribution >= 4 is 50.6 Å². The van der Waals surface area contributed by atoms with Crippen LogP contribution in [0.1, 0.15) is 34.7 Å². The largest absolute Gasteiger partial charge is 0.377 e. The molecule has 0 radical (unpaired) electrons. The highest BCUT2D eigenvalue weighted by Gasteiger charge is 2.25. The van der Waals surface area contributed by atoms with Crippen molar-refractivity contribution in [2.75, 3.05) is 10.6 Å². The summed E-state index contributed by atoms with van der Waals surface area (Å²) < 4.78 is 1.03. The van der Waals surface area contributed by atoms with Crippen LogP contribution in [-0.4, -0.2) is 11.7 Å². The molecule has 31 heavy (non-hydrogen) atoms. The minimum atomic E-state index is -0.391. The molecule has 3 aromatic carbocycles. The second kappa shape index (κ2) is 9.12. The first kappa shape index (κ1) is 21.4. The van der Waals surface area contributed by atoms with E-state index in [-0.39, 0.29) is 6.04 Å². The van der Waals surface area contributed by atoms with E-state index >= 15 is 0 Å². The molecule has 7 heteroatoms. The third kappa shape index (κ3) is 5.09. The van der Waals surface area contributed by atoms with Gasteiger partial charge in [0.1, 0.15) is 0 Å². The van der Waals surface area contributed by atoms with E-state index in [0.29, 0.717) is 11.4 Å². The third-order valence-corrected chi connectivity index (χ3v) is 6.11. The summed E-state index contributed by atoms with van der Waals surface area (Å²) >= 11 is 9.70. The van der Waals surface area contributed by atoms with E-state index in [9.17, 15) is 4.79 Å². The smallest absolute Gasteiger partial charge is 0.339 e. The number of nitrogens with one attached hydrogen (secondary N) is 3. The molecule has 1 heterocycles. The SMILES string of the molecule is Cc1ccc(NC(=O)NN=C2CC(c3ccc(Br)cc3)Nc3ccc(Cl)cc32)cc1C. The second-order valence-corrected chi connectivity index (χ2v) is 8.92. The van der Waals surface area contributed by atoms with Gasteiger partial charge in [-0.2, -0.15) is 5.10 Å². The Labute approximate surface area is 195 Å². The van der Waals surface area contributed by atoms with Gasteiger partial charge in [0.25, 0.3) is 0 Å². The number of amides is 2. The van der Waals surface area contributed by atoms with Gasteiger partial charge in [-0.25, -0.2) is 10.2 Å². The zero-order valence-corrected chi connectivity index (χ0v) is 19.5. The molecule has 1 aliphatic rings. The van der Waals surface area contributed by atoms with Gasteiger partial charge in [-0.15, -0.1) is 0 Å². The summed E-state index contributed by atoms with van der Waals surface area (Å²) in [5, 5.41) is 11.4. The van der Waals surface area contributed by atoms with E-state index in [1.807, 2.05) is 62.4 Å². The minimum absolute atomic E-state index is 0.0325. The molecule has 0 aromatic heterocycles. The Morgan fingerprint density at radius 2 is 1.84 bits per heavy atom. The van der Waals surface area contributed by atoms with Crippen LogP contribution in [0.2, 0.25) is 5.02 Å². The summed E-state index contributed by atoms with van der Waals surface area (Å²) in [6.07, 6.45) is 0.610. The van der Waals surface area contributed by atoms with Gasteiger partial charge in [0, 0.05) is 32.9 Å². The number of benzene rings is 3. The van der Waals surface area contributed by atoms with Crippen molar-refractivity contribution in [1.82, 2.24) is 5.43 Å². The van der Waals surface area contributed by atoms with Gasteiger partial charge in [-0.1, -0.05) is 45.7 Å². The van der Waals surface area contributed by atoms with Crippen molar-refractivity contribution in [3.63, 3.8) is 0 Å². The van der Waals surface area contributed by atoms with Crippen molar-refractivity contribution in [2.45, 2.75) is 26.3 Å². The Morgan fingerprint density at radius 3 is 2.58 bits per heavy atom. The van der Waals surface area contributed by atoms with E-state index in [0.717, 1.165) is 38.2 Å². The lowest BCUT2D eigenvalue weighted by molar-refractivity contribution is 0.252. The topological polar surface area (TPSA) is 65.5 Å². The van der Waals surface area contributed by atoms with Crippen LogP contribution in [0.5, 0.6) is 0 Å². The van der Waals surface area contributed by atoms with Crippen LogP contribution in [0.4, 0.5) is 16.2 Å². The van der Waals surface area contributed by atoms with Gasteiger partial charge in [0.2, 0.25) is 0 Å². The van der Waals surface area contributed by atoms with E-state index < -0.39 is 6.03 Å². The highest BCUT2D eigenvalue weighted by atomic mass is 79.9. The van der Waals surface area contributed by atoms with E-state index in [1.165, 1.54) is 5.56 Å². The molecule has 1 aliphatic heterocycles. The normalized spacial score (nSPS) is 16.4. The second-order valence-electron chi connectivity index (χ2n) is 7.57. The van der Waals surface area contributed by atoms with Crippen LogP contribution in [0.25, 0.3) is 0 Å². The fourth-order valence-electron chi connectivity index (χ4n) is 3.52. The van der Waals surface area contributed by atoms with Gasteiger partial charge < -0.3 is 10.6 Å². The highest BCUT2D eigenvalue weighted by Crippen LogP contribution is 2.34. The number of hydrogen-bond donors (Lipinski definition) is 3. The van der Waals surface area contributed by atoms with E-state index in [1.54, 1.807) is 0 Å². The average Bonchev–Trinajstić information content (AvgIpc) is 2.75. The van der Waals surface area contributed by atoms with Gasteiger partial charge >= 0.3 is 6.03 Å². The molecule has 5 nitrogen and oxygen atoms in total. The fourth-order valence-corrected chi connectivity index (χ4v) is 3.96. The number of fused-ring (bicyclic) bond motifs is 1. The Kier molecular flexibility index (Phi) is 6.30. The molecule has 4 rings (SSSR count). The summed E-state index contributed by atoms with van der Waals surface area (Å²) in [5.41, 5.74) is 9.36. The number of urea groups is 1. The molecule has 0 spiro atoms. The molecule has 2 amide bonds. The molecule has 0 aliphatic carbocycles. The fraction of sp³-hybridized carbons (Fsp3) is 0.167. The molecule has 0 bridgehead atoms. The minimum Gasteiger partial charge on any atom is -0.377 e. The number of anilines is 2. The van der Waals surface area contributed by atoms with Crippen molar-refractivity contribution in [1.29, 1.82) is 0 Å². The Bertz CT molecular complexity index is 1160. The molecule has 158 valence electrons. The molecular formula is C24H22BrClN4O. The lowest BCUT2D eigenvalue weighted by Crippen LogP contribution is -2.29. The Hall–Kier alpha value is -2.83. The number of aryl methyl sites for hydroxylation is 2. The molecule has 0 fully saturated rings. The van der Waals surface area contributed by atoms with E-state index in [2.05, 4.69) is 49.2 Å². The molecule has 1 atom stereocenters. The maximum atomic E-state index is 12.4. The lowest BCUT2D eigenvalue weighted by atomic mass is 9.92. The zero-order valence-electron chi connectivity index (χ0n) is 17.2. The summed E-state index contributed by atoms with van der Waals surface area (Å²) in [6.45, 7) is 4.04. The van der Waals surface area contributed by atoms with Crippen molar-refractivity contribution in [3.05, 3.63) is 92.4 Å². The first-order chi connectivity index (χ1) is 14.9. The van der Waals surface area contributed by atoms with Crippen LogP contribution in [0.3, 0.4) is 0 Å². The summed E-state index contributed by atoms with van der Waals surface area (Å²) in [5.74, 6) is 0. The van der Waals surface area contributed by atoms with Gasteiger partial charge in [0.05, 0.1) is 11.8 Å². The number of nitrogens with zero attached hydrogens (tertiary/aromatic N) is 1. The molecule has 3 N–H and O–H groups in total. The van der Waals surface area contributed by atoms with Crippen LogP contribution in [-0.2, 0) is 0 Å². The van der Waals surface area contributed by atoms with Crippen LogP contribution < -0.4 is 16.1 Å². The molecule has 0 saturated carbocycles.